The molecule has 1 saturated heterocycles. The average molecular weight is 607 g/mol. The molecule has 0 saturated carbocycles. The molecule has 1 unspecified atom stereocenters. The Balaban J connectivity index is 0.00000420. The van der Waals surface area contributed by atoms with Crippen LogP contribution in [0.15, 0.2) is 39.8 Å². The second-order valence-corrected chi connectivity index (χ2v) is 11.8. The van der Waals surface area contributed by atoms with Crippen LogP contribution in [0.25, 0.3) is 0 Å². The standard InChI is InChI=1S/C19H20N8O8S3.Na/c1-26-19(21-24-25-26)37-7-9-6-36-17-13(16(30)27(17)14(9)18(31)32)20-15(29)12(22-33)8-3-4-11(28)10(5-8)23-38(2,34)35;/h3-5,13,17,23,28,33H,6-7H2,1-2H3,(H,20,29)(H,31,32);/q;+1/p-1/b22-12+;/t13?,17-;/m1./s1. The van der Waals surface area contributed by atoms with Crippen molar-refractivity contribution in [1.82, 2.24) is 30.4 Å². The molecule has 2 aliphatic heterocycles. The Bertz CT molecular complexity index is 1500. The zero-order valence-electron chi connectivity index (χ0n) is 20.6. The van der Waals surface area contributed by atoms with Crippen LogP contribution in [0.3, 0.4) is 0 Å². The average Bonchev–Trinajstić information content (AvgIpc) is 3.26. The molecule has 0 radical (unpaired) electrons. The maximum atomic E-state index is 12.9. The number of anilines is 1. The molecule has 1 fully saturated rings. The maximum absolute atomic E-state index is 12.9. The molecule has 0 aliphatic carbocycles. The van der Waals surface area contributed by atoms with Crippen LogP contribution in [-0.4, -0.2) is 96.5 Å². The van der Waals surface area contributed by atoms with Gasteiger partial charge in [0.05, 0.1) is 23.6 Å². The first-order valence-electron chi connectivity index (χ1n) is 10.5. The molecule has 39 heavy (non-hydrogen) atoms. The third-order valence-corrected chi connectivity index (χ3v) is 8.39. The number of thioether (sulfide) groups is 2. The molecule has 2 atom stereocenters. The van der Waals surface area contributed by atoms with Crippen LogP contribution >= 0.6 is 23.5 Å². The number of oxime groups is 1. The number of fused-ring (bicyclic) bond motifs is 1. The Morgan fingerprint density at radius 3 is 2.67 bits per heavy atom. The van der Waals surface area contributed by atoms with Gasteiger partial charge >= 0.3 is 29.6 Å². The zero-order valence-corrected chi connectivity index (χ0v) is 25.0. The summed E-state index contributed by atoms with van der Waals surface area (Å²) in [5, 5.41) is 47.4. The van der Waals surface area contributed by atoms with Crippen molar-refractivity contribution in [3.63, 3.8) is 0 Å². The number of amides is 2. The fourth-order valence-corrected chi connectivity index (χ4v) is 6.58. The van der Waals surface area contributed by atoms with Gasteiger partial charge in [0, 0.05) is 24.1 Å². The number of hydrogen-bond donors (Lipinski definition) is 4. The van der Waals surface area contributed by atoms with Crippen molar-refractivity contribution in [2.24, 2.45) is 12.2 Å². The number of carbonyl (C=O) groups is 3. The molecule has 202 valence electrons. The van der Waals surface area contributed by atoms with Crippen LogP contribution in [0.2, 0.25) is 0 Å². The van der Waals surface area contributed by atoms with Gasteiger partial charge in [0.1, 0.15) is 17.2 Å². The molecule has 2 aliphatic rings. The number of hydrogen-bond acceptors (Lipinski definition) is 14. The Hall–Kier alpha value is -2.84. The van der Waals surface area contributed by atoms with Gasteiger partial charge in [-0.2, -0.15) is 0 Å². The van der Waals surface area contributed by atoms with Gasteiger partial charge in [0.15, 0.2) is 5.71 Å². The maximum Gasteiger partial charge on any atom is 1.00 e. The number of aromatic nitrogens is 4. The van der Waals surface area contributed by atoms with Gasteiger partial charge in [0.2, 0.25) is 15.2 Å². The molecule has 0 spiro atoms. The van der Waals surface area contributed by atoms with E-state index in [0.29, 0.717) is 10.7 Å². The Morgan fingerprint density at radius 1 is 1.36 bits per heavy atom. The first-order chi connectivity index (χ1) is 17.9. The monoisotopic (exact) mass is 606 g/mol. The molecule has 1 aromatic carbocycles. The summed E-state index contributed by atoms with van der Waals surface area (Å²) in [4.78, 5) is 38.7. The van der Waals surface area contributed by atoms with E-state index < -0.39 is 50.7 Å². The summed E-state index contributed by atoms with van der Waals surface area (Å²) >= 11 is 2.40. The largest absolute Gasteiger partial charge is 1.00 e. The number of nitrogens with zero attached hydrogens (tertiary/aromatic N) is 6. The fraction of sp³-hybridized carbons (Fsp3) is 0.316. The number of benzene rings is 1. The molecule has 2 amide bonds. The van der Waals surface area contributed by atoms with Gasteiger partial charge in [0.25, 0.3) is 11.8 Å². The van der Waals surface area contributed by atoms with Crippen molar-refractivity contribution in [1.29, 1.82) is 0 Å². The van der Waals surface area contributed by atoms with E-state index >= 15 is 0 Å². The Labute approximate surface area is 251 Å². The van der Waals surface area contributed by atoms with Crippen LogP contribution in [0.4, 0.5) is 5.69 Å². The first-order valence-corrected chi connectivity index (χ1v) is 14.4. The molecular formula is C19H19N8NaO8S3. The molecular weight excluding hydrogens is 587 g/mol. The number of β-lactam (4-membered cyclic amide) rings is 1. The minimum absolute atomic E-state index is 0. The van der Waals surface area contributed by atoms with Gasteiger partial charge in [-0.1, -0.05) is 16.9 Å². The van der Waals surface area contributed by atoms with Gasteiger partial charge in [-0.05, 0) is 34.2 Å². The smallest absolute Gasteiger partial charge is 0.543 e. The fourth-order valence-electron chi connectivity index (χ4n) is 3.69. The number of aromatic hydroxyl groups is 1. The normalized spacial score (nSPS) is 19.1. The number of phenols is 1. The summed E-state index contributed by atoms with van der Waals surface area (Å²) in [7, 11) is -2.15. The van der Waals surface area contributed by atoms with Crippen LogP contribution in [-0.2, 0) is 31.5 Å². The topological polar surface area (TPSA) is 232 Å². The van der Waals surface area contributed by atoms with Crippen LogP contribution in [0, 0.1) is 0 Å². The number of carboxylic acids is 1. The molecule has 3 heterocycles. The third kappa shape index (κ3) is 6.49. The SMILES string of the molecule is Cn1nnnc1SCC1=C(C(=O)[O-])N2C(=O)C(NC(=O)/C(=N/O)c3ccc(O)c(NS(C)(=O)=O)c3)[C@H]2SC1.[Na+]. The molecule has 2 aromatic rings. The second kappa shape index (κ2) is 12.1. The van der Waals surface area contributed by atoms with Crippen LogP contribution in [0.1, 0.15) is 5.56 Å². The van der Waals surface area contributed by atoms with Gasteiger partial charge in [-0.25, -0.2) is 13.1 Å². The Kier molecular flexibility index (Phi) is 9.55. The van der Waals surface area contributed by atoms with Gasteiger partial charge in [-0.15, -0.1) is 16.9 Å². The Morgan fingerprint density at radius 2 is 2.08 bits per heavy atom. The first kappa shape index (κ1) is 30.7. The summed E-state index contributed by atoms with van der Waals surface area (Å²) in [6.45, 7) is 0. The van der Waals surface area contributed by atoms with E-state index in [4.69, 9.17) is 0 Å². The minimum Gasteiger partial charge on any atom is -0.543 e. The zero-order chi connectivity index (χ0) is 27.8. The van der Waals surface area contributed by atoms with Crippen molar-refractivity contribution in [2.75, 3.05) is 22.5 Å². The van der Waals surface area contributed by atoms with E-state index in [1.807, 2.05) is 0 Å². The summed E-state index contributed by atoms with van der Waals surface area (Å²) in [6, 6.07) is 2.22. The van der Waals surface area contributed by atoms with E-state index in [1.165, 1.54) is 34.3 Å². The predicted octanol–water partition coefficient (Wildman–Crippen LogP) is -5.33. The number of aliphatic carboxylic acids is 1. The van der Waals surface area contributed by atoms with Crippen molar-refractivity contribution in [3.05, 3.63) is 35.0 Å². The number of tetrazole rings is 1. The molecule has 4 N–H and O–H groups in total. The van der Waals surface area contributed by atoms with Crippen molar-refractivity contribution < 1.29 is 67.8 Å². The quantitative estimate of drug-likeness (QED) is 0.0398. The van der Waals surface area contributed by atoms with Crippen LogP contribution < -0.4 is 44.7 Å². The molecule has 20 heteroatoms. The predicted molar refractivity (Wildman–Crippen MR) is 131 cm³/mol. The second-order valence-electron chi connectivity index (χ2n) is 8.03. The number of carbonyl (C=O) groups excluding carboxylic acids is 3. The van der Waals surface area contributed by atoms with Crippen molar-refractivity contribution in [3.8, 4) is 5.75 Å². The summed E-state index contributed by atoms with van der Waals surface area (Å²) in [5.74, 6) is -3.28. The van der Waals surface area contributed by atoms with E-state index in [0.717, 1.165) is 23.3 Å². The third-order valence-electron chi connectivity index (χ3n) is 5.36. The number of carboxylic acid groups (broad SMARTS) is 1. The van der Waals surface area contributed by atoms with E-state index in [2.05, 4.69) is 30.7 Å². The van der Waals surface area contributed by atoms with E-state index in [1.54, 1.807) is 7.05 Å². The summed E-state index contributed by atoms with van der Waals surface area (Å²) in [6.07, 6.45) is 0.856. The number of nitrogens with one attached hydrogen (secondary N) is 2. The van der Waals surface area contributed by atoms with Gasteiger partial charge in [-0.3, -0.25) is 19.2 Å². The minimum atomic E-state index is -3.78. The van der Waals surface area contributed by atoms with E-state index in [9.17, 15) is 38.2 Å². The van der Waals surface area contributed by atoms with Crippen LogP contribution in [0.5, 0.6) is 5.75 Å². The number of sulfonamides is 1. The summed E-state index contributed by atoms with van der Waals surface area (Å²) < 4.78 is 26.5. The molecule has 16 nitrogen and oxygen atoms in total. The van der Waals surface area contributed by atoms with Crippen molar-refractivity contribution >= 4 is 62.7 Å². The van der Waals surface area contributed by atoms with E-state index in [-0.39, 0.29) is 58.0 Å². The van der Waals surface area contributed by atoms with Crippen molar-refractivity contribution in [2.45, 2.75) is 16.6 Å². The summed E-state index contributed by atoms with van der Waals surface area (Å²) in [5.41, 5.74) is -0.776. The number of rotatable bonds is 9. The molecule has 4 rings (SSSR count). The molecule has 1 aromatic heterocycles. The molecule has 0 bridgehead atoms. The van der Waals surface area contributed by atoms with Gasteiger partial charge < -0.3 is 25.5 Å². The number of phenolic OH excluding ortho intramolecular Hbond substituents is 1. The number of aryl methyl sites for hydroxylation is 1.